The van der Waals surface area contributed by atoms with Crippen molar-refractivity contribution in [3.05, 3.63) is 27.1 Å². The van der Waals surface area contributed by atoms with Crippen molar-refractivity contribution in [2.75, 3.05) is 6.54 Å². The molecule has 0 aliphatic carbocycles. The number of sulfonamides is 1. The second-order valence-electron chi connectivity index (χ2n) is 4.28. The lowest BCUT2D eigenvalue weighted by Gasteiger charge is -2.20. The summed E-state index contributed by atoms with van der Waals surface area (Å²) < 4.78 is 28.4. The predicted molar refractivity (Wildman–Crippen MR) is 79.8 cm³/mol. The molecule has 1 aromatic carbocycles. The molecule has 0 aliphatic rings. The van der Waals surface area contributed by atoms with E-state index < -0.39 is 10.0 Å². The third kappa shape index (κ3) is 4.03. The van der Waals surface area contributed by atoms with Gasteiger partial charge in [-0.3, -0.25) is 0 Å². The smallest absolute Gasteiger partial charge is 0.242 e. The van der Waals surface area contributed by atoms with Gasteiger partial charge in [0.15, 0.2) is 0 Å². The molecule has 18 heavy (non-hydrogen) atoms. The SMILES string of the molecule is CC(C)C(CN)NS(=O)(=O)c1cc(Br)ccc1Br. The molecular formula is C11H16Br2N2O2S. The minimum absolute atomic E-state index is 0.135. The predicted octanol–water partition coefficient (Wildman–Crippen LogP) is 2.47. The number of hydrogen-bond donors (Lipinski definition) is 2. The fraction of sp³-hybridized carbons (Fsp3) is 0.455. The molecule has 3 N–H and O–H groups in total. The van der Waals surface area contributed by atoms with Gasteiger partial charge in [-0.25, -0.2) is 13.1 Å². The summed E-state index contributed by atoms with van der Waals surface area (Å²) >= 11 is 6.51. The van der Waals surface area contributed by atoms with Crippen LogP contribution < -0.4 is 10.5 Å². The van der Waals surface area contributed by atoms with Gasteiger partial charge >= 0.3 is 0 Å². The molecule has 102 valence electrons. The van der Waals surface area contributed by atoms with E-state index in [4.69, 9.17) is 5.73 Å². The van der Waals surface area contributed by atoms with Gasteiger partial charge in [0.05, 0.1) is 4.90 Å². The molecule has 1 aromatic rings. The fourth-order valence-corrected chi connectivity index (χ4v) is 4.30. The maximum absolute atomic E-state index is 12.3. The van der Waals surface area contributed by atoms with Gasteiger partial charge in [0, 0.05) is 21.5 Å². The molecule has 0 heterocycles. The summed E-state index contributed by atoms with van der Waals surface area (Å²) in [5.41, 5.74) is 5.58. The summed E-state index contributed by atoms with van der Waals surface area (Å²) in [7, 11) is -3.58. The number of nitrogens with one attached hydrogen (secondary N) is 1. The van der Waals surface area contributed by atoms with Crippen molar-refractivity contribution in [2.24, 2.45) is 11.7 Å². The van der Waals surface area contributed by atoms with Crippen molar-refractivity contribution >= 4 is 41.9 Å². The Hall–Kier alpha value is 0.0500. The van der Waals surface area contributed by atoms with E-state index in [0.29, 0.717) is 8.95 Å². The number of benzene rings is 1. The molecule has 0 saturated carbocycles. The quantitative estimate of drug-likeness (QED) is 0.798. The minimum Gasteiger partial charge on any atom is -0.329 e. The summed E-state index contributed by atoms with van der Waals surface area (Å²) in [6, 6.07) is 4.73. The van der Waals surface area contributed by atoms with Crippen LogP contribution in [0.5, 0.6) is 0 Å². The van der Waals surface area contributed by atoms with Crippen LogP contribution in [-0.4, -0.2) is 21.0 Å². The average molecular weight is 400 g/mol. The molecular weight excluding hydrogens is 384 g/mol. The second kappa shape index (κ2) is 6.47. The highest BCUT2D eigenvalue weighted by Crippen LogP contribution is 2.26. The molecule has 0 fully saturated rings. The molecule has 1 unspecified atom stereocenters. The Morgan fingerprint density at radius 1 is 1.33 bits per heavy atom. The normalized spacial score (nSPS) is 13.9. The van der Waals surface area contributed by atoms with Crippen LogP contribution in [0.3, 0.4) is 0 Å². The van der Waals surface area contributed by atoms with E-state index >= 15 is 0 Å². The first kappa shape index (κ1) is 16.1. The molecule has 0 saturated heterocycles. The third-order valence-electron chi connectivity index (χ3n) is 2.55. The average Bonchev–Trinajstić information content (AvgIpc) is 2.28. The van der Waals surface area contributed by atoms with Crippen LogP contribution in [0.2, 0.25) is 0 Å². The van der Waals surface area contributed by atoms with E-state index in [2.05, 4.69) is 36.6 Å². The summed E-state index contributed by atoms with van der Waals surface area (Å²) in [5.74, 6) is 0.135. The van der Waals surface area contributed by atoms with Crippen molar-refractivity contribution in [2.45, 2.75) is 24.8 Å². The molecule has 0 aliphatic heterocycles. The van der Waals surface area contributed by atoms with Gasteiger partial charge < -0.3 is 5.73 Å². The molecule has 7 heteroatoms. The molecule has 0 spiro atoms. The Bertz CT molecular complexity index is 518. The maximum atomic E-state index is 12.3. The Morgan fingerprint density at radius 2 is 1.94 bits per heavy atom. The first-order chi connectivity index (χ1) is 8.27. The monoisotopic (exact) mass is 398 g/mol. The number of rotatable bonds is 5. The van der Waals surface area contributed by atoms with Gasteiger partial charge in [0.1, 0.15) is 0 Å². The standard InChI is InChI=1S/C11H16Br2N2O2S/c1-7(2)10(6-14)15-18(16,17)11-5-8(12)3-4-9(11)13/h3-5,7,10,15H,6,14H2,1-2H3. The Balaban J connectivity index is 3.10. The van der Waals surface area contributed by atoms with Crippen molar-refractivity contribution in [3.8, 4) is 0 Å². The zero-order valence-electron chi connectivity index (χ0n) is 10.2. The lowest BCUT2D eigenvalue weighted by atomic mass is 10.1. The zero-order chi connectivity index (χ0) is 13.9. The third-order valence-corrected chi connectivity index (χ3v) is 5.53. The molecule has 0 amide bonds. The maximum Gasteiger partial charge on any atom is 0.242 e. The van der Waals surface area contributed by atoms with Gasteiger partial charge in [0.2, 0.25) is 10.0 Å². The van der Waals surface area contributed by atoms with Crippen LogP contribution in [0.4, 0.5) is 0 Å². The molecule has 4 nitrogen and oxygen atoms in total. The van der Waals surface area contributed by atoms with Crippen molar-refractivity contribution in [1.82, 2.24) is 4.72 Å². The number of nitrogens with two attached hydrogens (primary N) is 1. The largest absolute Gasteiger partial charge is 0.329 e. The van der Waals surface area contributed by atoms with E-state index in [1.54, 1.807) is 18.2 Å². The molecule has 0 radical (unpaired) electrons. The van der Waals surface area contributed by atoms with E-state index in [0.717, 1.165) is 0 Å². The van der Waals surface area contributed by atoms with Crippen LogP contribution in [0, 0.1) is 5.92 Å². The van der Waals surface area contributed by atoms with Crippen molar-refractivity contribution in [1.29, 1.82) is 0 Å². The highest BCUT2D eigenvalue weighted by Gasteiger charge is 2.23. The Morgan fingerprint density at radius 3 is 2.44 bits per heavy atom. The summed E-state index contributed by atoms with van der Waals surface area (Å²) in [6.45, 7) is 4.12. The Labute approximate surface area is 125 Å². The number of hydrogen-bond acceptors (Lipinski definition) is 3. The van der Waals surface area contributed by atoms with Crippen LogP contribution >= 0.6 is 31.9 Å². The molecule has 1 atom stereocenters. The van der Waals surface area contributed by atoms with Crippen LogP contribution in [0.1, 0.15) is 13.8 Å². The lowest BCUT2D eigenvalue weighted by molar-refractivity contribution is 0.454. The molecule has 1 rings (SSSR count). The van der Waals surface area contributed by atoms with Crippen LogP contribution in [0.25, 0.3) is 0 Å². The van der Waals surface area contributed by atoms with Gasteiger partial charge in [-0.15, -0.1) is 0 Å². The zero-order valence-corrected chi connectivity index (χ0v) is 14.1. The summed E-state index contributed by atoms with van der Waals surface area (Å²) in [4.78, 5) is 0.205. The lowest BCUT2D eigenvalue weighted by Crippen LogP contribution is -2.43. The van der Waals surface area contributed by atoms with Gasteiger partial charge in [-0.05, 0) is 40.0 Å². The van der Waals surface area contributed by atoms with Crippen LogP contribution in [-0.2, 0) is 10.0 Å². The topological polar surface area (TPSA) is 72.2 Å². The second-order valence-corrected chi connectivity index (χ2v) is 7.73. The van der Waals surface area contributed by atoms with E-state index in [1.165, 1.54) is 0 Å². The highest BCUT2D eigenvalue weighted by molar-refractivity contribution is 9.11. The Kier molecular flexibility index (Phi) is 5.79. The van der Waals surface area contributed by atoms with Gasteiger partial charge in [-0.1, -0.05) is 29.8 Å². The van der Waals surface area contributed by atoms with Crippen molar-refractivity contribution < 1.29 is 8.42 Å². The molecule has 0 bridgehead atoms. The number of halogens is 2. The molecule has 0 aromatic heterocycles. The van der Waals surface area contributed by atoms with Crippen molar-refractivity contribution in [3.63, 3.8) is 0 Å². The fourth-order valence-electron chi connectivity index (χ4n) is 1.40. The van der Waals surface area contributed by atoms with E-state index in [-0.39, 0.29) is 23.4 Å². The first-order valence-corrected chi connectivity index (χ1v) is 8.52. The van der Waals surface area contributed by atoms with Gasteiger partial charge in [-0.2, -0.15) is 0 Å². The van der Waals surface area contributed by atoms with Crippen LogP contribution in [0.15, 0.2) is 32.0 Å². The van der Waals surface area contributed by atoms with E-state index in [1.807, 2.05) is 13.8 Å². The first-order valence-electron chi connectivity index (χ1n) is 5.45. The summed E-state index contributed by atoms with van der Waals surface area (Å²) in [6.07, 6.45) is 0. The van der Waals surface area contributed by atoms with Gasteiger partial charge in [0.25, 0.3) is 0 Å². The highest BCUT2D eigenvalue weighted by atomic mass is 79.9. The summed E-state index contributed by atoms with van der Waals surface area (Å²) in [5, 5.41) is 0. The minimum atomic E-state index is -3.58. The van der Waals surface area contributed by atoms with E-state index in [9.17, 15) is 8.42 Å².